The molecule has 0 saturated heterocycles. The second-order valence-corrected chi connectivity index (χ2v) is 12.6. The quantitative estimate of drug-likeness (QED) is 0.0507. The molecule has 42 heavy (non-hydrogen) atoms. The Balaban J connectivity index is -0.000000275. The number of hydrogen-bond donors (Lipinski definition) is 0. The Bertz CT molecular complexity index is 386. The Labute approximate surface area is 320 Å². The second-order valence-electron chi connectivity index (χ2n) is 12.6. The van der Waals surface area contributed by atoms with Crippen molar-refractivity contribution in [3.05, 3.63) is 0 Å². The van der Waals surface area contributed by atoms with Crippen LogP contribution in [0.4, 0.5) is 0 Å². The predicted octanol–water partition coefficient (Wildman–Crippen LogP) is 6.50. The van der Waals surface area contributed by atoms with Crippen LogP contribution in [0, 0.1) is 0 Å². The van der Waals surface area contributed by atoms with Gasteiger partial charge in [-0.15, -0.1) is 0 Å². The monoisotopic (exact) mass is 631 g/mol. The van der Waals surface area contributed by atoms with Gasteiger partial charge < -0.3 is 20.1 Å². The minimum absolute atomic E-state index is 0. The average molecular weight is 631 g/mol. The van der Waals surface area contributed by atoms with E-state index in [9.17, 15) is 0 Å². The maximum atomic E-state index is 2.46. The number of unbranched alkanes of at least 4 members (excludes halogenated alkanes) is 26. The van der Waals surface area contributed by atoms with Crippen LogP contribution < -0.4 is 4.70 Å². The molecular formula is C34H75FLiMgNNaO2Si-. The Morgan fingerprint density at radius 2 is 0.524 bits per heavy atom. The molecule has 0 bridgehead atoms. The molecule has 0 aromatic rings. The van der Waals surface area contributed by atoms with Gasteiger partial charge >= 0.3 is 0 Å². The largest absolute Gasteiger partial charge is 1.00 e. The summed E-state index contributed by atoms with van der Waals surface area (Å²) in [7, 11) is 4.93. The van der Waals surface area contributed by atoms with Crippen molar-refractivity contribution in [1.29, 1.82) is 0 Å². The minimum atomic E-state index is 0. The topological polar surface area (TPSA) is 61.5 Å². The van der Waals surface area contributed by atoms with E-state index >= 15 is 0 Å². The van der Waals surface area contributed by atoms with Crippen molar-refractivity contribution in [3.8, 4) is 0 Å². The van der Waals surface area contributed by atoms with Crippen molar-refractivity contribution in [2.45, 2.75) is 194 Å². The molecule has 244 valence electrons. The van der Waals surface area contributed by atoms with E-state index in [0.29, 0.717) is 0 Å². The van der Waals surface area contributed by atoms with Crippen LogP contribution in [0.1, 0.15) is 194 Å². The third kappa shape index (κ3) is 54.8. The van der Waals surface area contributed by atoms with Gasteiger partial charge in [-0.2, -0.15) is 0 Å². The fraction of sp³-hybridized carbons (Fsp3) is 1.00. The molecule has 0 aliphatic carbocycles. The van der Waals surface area contributed by atoms with Crippen molar-refractivity contribution in [1.82, 2.24) is 0 Å². The summed E-state index contributed by atoms with van der Waals surface area (Å²) in [5, 5.41) is 0. The zero-order valence-electron chi connectivity index (χ0n) is 30.2. The van der Waals surface area contributed by atoms with Gasteiger partial charge in [-0.3, -0.25) is 0 Å². The fourth-order valence-corrected chi connectivity index (χ4v) is 5.58. The first-order valence-electron chi connectivity index (χ1n) is 16.9. The second kappa shape index (κ2) is 52.9. The number of halogens is 1. The van der Waals surface area contributed by atoms with Crippen molar-refractivity contribution in [3.63, 3.8) is 0 Å². The van der Waals surface area contributed by atoms with Crippen LogP contribution in [0.15, 0.2) is 0 Å². The van der Waals surface area contributed by atoms with Gasteiger partial charge in [0.1, 0.15) is 0 Å². The maximum absolute atomic E-state index is 2.46. The van der Waals surface area contributed by atoms with Gasteiger partial charge in [0.25, 0.3) is 0 Å². The maximum Gasteiger partial charge on any atom is 0.0782 e. The van der Waals surface area contributed by atoms with E-state index < -0.39 is 0 Å². The van der Waals surface area contributed by atoms with Gasteiger partial charge in [0, 0.05) is 82.4 Å². The average Bonchev–Trinajstić information content (AvgIpc) is 2.84. The Morgan fingerprint density at radius 3 is 0.690 bits per heavy atom. The van der Waals surface area contributed by atoms with Crippen molar-refractivity contribution >= 4 is 82.4 Å². The first-order chi connectivity index (χ1) is 17.1. The minimum Gasteiger partial charge on any atom is -1.00 e. The molecule has 8 heteroatoms. The molecule has 8 radical (unpaired) electrons. The van der Waals surface area contributed by atoms with E-state index in [-0.39, 0.29) is 98.1 Å². The zero-order chi connectivity index (χ0) is 25.7. The van der Waals surface area contributed by atoms with Crippen LogP contribution in [0.25, 0.3) is 0 Å². The van der Waals surface area contributed by atoms with Crippen molar-refractivity contribution in [2.75, 3.05) is 27.2 Å². The van der Waals surface area contributed by atoms with Crippen LogP contribution in [-0.2, 0) is 0 Å². The molecule has 3 nitrogen and oxygen atoms in total. The molecule has 0 saturated carbocycles. The Hall–Kier alpha value is 2.39. The first kappa shape index (κ1) is 63.1. The van der Waals surface area contributed by atoms with E-state index in [1.165, 1.54) is 197 Å². The summed E-state index contributed by atoms with van der Waals surface area (Å²) in [6.45, 7) is 7.38. The summed E-state index contributed by atoms with van der Waals surface area (Å²) in [4.78, 5) is 0. The SMILES string of the molecule is CCCCCCCCCCCCCCCC[N+](C)(C)CCCCCCCCCCCCCCCC.O.[F-].[Li].[Mg].[Na].[OH-].[Si]. The molecule has 3 N–H and O–H groups in total. The van der Waals surface area contributed by atoms with Gasteiger partial charge in [-0.25, -0.2) is 0 Å². The van der Waals surface area contributed by atoms with E-state index in [0.717, 1.165) is 0 Å². The Kier molecular flexibility index (Phi) is 79.5. The fourth-order valence-electron chi connectivity index (χ4n) is 5.58. The number of quaternary nitrogens is 1. The molecule has 0 amide bonds. The normalized spacial score (nSPS) is 10.0. The third-order valence-electron chi connectivity index (χ3n) is 8.23. The van der Waals surface area contributed by atoms with Crippen LogP contribution >= 0.6 is 0 Å². The summed E-state index contributed by atoms with van der Waals surface area (Å²) in [5.74, 6) is 0. The summed E-state index contributed by atoms with van der Waals surface area (Å²) >= 11 is 0. The molecule has 0 aliphatic heterocycles. The first-order valence-corrected chi connectivity index (χ1v) is 16.9. The molecule has 0 fully saturated rings. The standard InChI is InChI=1S/C34H72N.FH.Li.Mg.Na.2H2O.Si/c1-5-7-9-11-13-15-17-19-21-23-25-27-29-31-33-35(3,4)34-32-30-28-26-24-22-20-18-16-14-12-10-8-6-2;;;;;;;/h5-34H2,1-4H3;1H;;;;2*1H2;/q+1;;;;;;;/p-2. The third-order valence-corrected chi connectivity index (χ3v) is 8.23. The predicted molar refractivity (Wildman–Crippen MR) is 191 cm³/mol. The summed E-state index contributed by atoms with van der Waals surface area (Å²) in [5.41, 5.74) is 0. The summed E-state index contributed by atoms with van der Waals surface area (Å²) < 4.78 is 1.25. The number of rotatable bonds is 30. The van der Waals surface area contributed by atoms with Gasteiger partial charge in [-0.05, 0) is 25.7 Å². The van der Waals surface area contributed by atoms with Gasteiger partial charge in [0.2, 0.25) is 0 Å². The van der Waals surface area contributed by atoms with E-state index in [4.69, 9.17) is 0 Å². The van der Waals surface area contributed by atoms with Gasteiger partial charge in [0.15, 0.2) is 0 Å². The molecule has 0 heterocycles. The summed E-state index contributed by atoms with van der Waals surface area (Å²) in [6, 6.07) is 0. The van der Waals surface area contributed by atoms with Gasteiger partial charge in [-0.1, -0.05) is 168 Å². The zero-order valence-corrected chi connectivity index (χ0v) is 34.6. The van der Waals surface area contributed by atoms with Gasteiger partial charge in [0.05, 0.1) is 27.2 Å². The molecule has 0 rings (SSSR count). The molecule has 0 aromatic carbocycles. The van der Waals surface area contributed by atoms with E-state index in [1.807, 2.05) is 0 Å². The molecule has 0 spiro atoms. The summed E-state index contributed by atoms with van der Waals surface area (Å²) in [6.07, 6.45) is 40.9. The smallest absolute Gasteiger partial charge is 0.0782 e. The molecule has 0 unspecified atom stereocenters. The Morgan fingerprint density at radius 1 is 0.381 bits per heavy atom. The van der Waals surface area contributed by atoms with Crippen LogP contribution in [0.2, 0.25) is 0 Å². The van der Waals surface area contributed by atoms with Crippen molar-refractivity contribution in [2.24, 2.45) is 0 Å². The number of nitrogens with zero attached hydrogens (tertiary/aromatic N) is 1. The van der Waals surface area contributed by atoms with Crippen LogP contribution in [-0.4, -0.2) is 125 Å². The molecule has 0 aromatic heterocycles. The number of hydrogen-bond acceptors (Lipinski definition) is 1. The molecular weight excluding hydrogens is 556 g/mol. The van der Waals surface area contributed by atoms with E-state index in [1.54, 1.807) is 0 Å². The van der Waals surface area contributed by atoms with Crippen LogP contribution in [0.3, 0.4) is 0 Å². The molecule has 0 aliphatic rings. The van der Waals surface area contributed by atoms with Crippen LogP contribution in [0.5, 0.6) is 0 Å². The van der Waals surface area contributed by atoms with Crippen molar-refractivity contribution < 1.29 is 20.1 Å². The van der Waals surface area contributed by atoms with E-state index in [2.05, 4.69) is 27.9 Å². The molecule has 0 atom stereocenters.